The summed E-state index contributed by atoms with van der Waals surface area (Å²) in [5, 5.41) is 3.40. The van der Waals surface area contributed by atoms with Gasteiger partial charge in [-0.3, -0.25) is 4.90 Å². The van der Waals surface area contributed by atoms with Crippen LogP contribution < -0.4 is 5.32 Å². The molecule has 1 saturated heterocycles. The summed E-state index contributed by atoms with van der Waals surface area (Å²) in [4.78, 5) is 2.10. The van der Waals surface area contributed by atoms with Crippen LogP contribution in [0.3, 0.4) is 0 Å². The summed E-state index contributed by atoms with van der Waals surface area (Å²) in [6, 6.07) is 2.01. The Kier molecular flexibility index (Phi) is 5.43. The maximum atomic E-state index is 13.7. The first-order valence-electron chi connectivity index (χ1n) is 7.19. The van der Waals surface area contributed by atoms with E-state index in [0.29, 0.717) is 18.7 Å². The number of rotatable bonds is 6. The van der Waals surface area contributed by atoms with Crippen LogP contribution in [0.15, 0.2) is 12.1 Å². The van der Waals surface area contributed by atoms with Crippen LogP contribution in [0.25, 0.3) is 0 Å². The van der Waals surface area contributed by atoms with E-state index >= 15 is 0 Å². The minimum absolute atomic E-state index is 0.218. The third-order valence-corrected chi connectivity index (χ3v) is 3.66. The van der Waals surface area contributed by atoms with Gasteiger partial charge in [-0.25, -0.2) is 13.2 Å². The maximum absolute atomic E-state index is 13.7. The highest BCUT2D eigenvalue weighted by Crippen LogP contribution is 2.17. The predicted octanol–water partition coefficient (Wildman–Crippen LogP) is 3.07. The van der Waals surface area contributed by atoms with E-state index in [-0.39, 0.29) is 5.56 Å². The largest absolute Gasteiger partial charge is 0.313 e. The van der Waals surface area contributed by atoms with Gasteiger partial charge in [0.05, 0.1) is 0 Å². The molecule has 0 aromatic heterocycles. The van der Waals surface area contributed by atoms with E-state index in [4.69, 9.17) is 0 Å². The molecule has 2 rings (SSSR count). The minimum atomic E-state index is -1.13. The molecule has 1 aromatic rings. The molecule has 0 bridgehead atoms. The van der Waals surface area contributed by atoms with Crippen molar-refractivity contribution in [1.29, 1.82) is 0 Å². The molecule has 1 aliphatic rings. The van der Waals surface area contributed by atoms with Crippen LogP contribution in [0, 0.1) is 17.5 Å². The van der Waals surface area contributed by atoms with Crippen LogP contribution in [-0.4, -0.2) is 30.6 Å². The van der Waals surface area contributed by atoms with E-state index in [2.05, 4.69) is 17.1 Å². The molecule has 0 aliphatic carbocycles. The quantitative estimate of drug-likeness (QED) is 0.809. The average molecular weight is 286 g/mol. The third kappa shape index (κ3) is 3.96. The molecular formula is C15H21F3N2. The van der Waals surface area contributed by atoms with Crippen molar-refractivity contribution in [2.24, 2.45) is 0 Å². The van der Waals surface area contributed by atoms with Crippen molar-refractivity contribution in [3.63, 3.8) is 0 Å². The first kappa shape index (κ1) is 15.3. The lowest BCUT2D eigenvalue weighted by molar-refractivity contribution is 0.238. The fourth-order valence-corrected chi connectivity index (χ4v) is 2.70. The van der Waals surface area contributed by atoms with Crippen LogP contribution in [0.4, 0.5) is 13.2 Å². The SMILES string of the molecule is CCCN(Cc1cc(F)c(F)cc1F)CC1CCCN1. The highest BCUT2D eigenvalue weighted by Gasteiger charge is 2.19. The molecule has 1 aromatic carbocycles. The minimum Gasteiger partial charge on any atom is -0.313 e. The van der Waals surface area contributed by atoms with E-state index in [1.54, 1.807) is 0 Å². The Morgan fingerprint density at radius 2 is 1.95 bits per heavy atom. The first-order valence-corrected chi connectivity index (χ1v) is 7.19. The van der Waals surface area contributed by atoms with Crippen molar-refractivity contribution in [2.75, 3.05) is 19.6 Å². The molecule has 0 spiro atoms. The first-order chi connectivity index (χ1) is 9.60. The molecule has 2 nitrogen and oxygen atoms in total. The monoisotopic (exact) mass is 286 g/mol. The highest BCUT2D eigenvalue weighted by atomic mass is 19.2. The Morgan fingerprint density at radius 1 is 1.20 bits per heavy atom. The summed E-state index contributed by atoms with van der Waals surface area (Å²) in [7, 11) is 0. The van der Waals surface area contributed by atoms with Crippen molar-refractivity contribution in [2.45, 2.75) is 38.8 Å². The second-order valence-electron chi connectivity index (χ2n) is 5.39. The lowest BCUT2D eigenvalue weighted by Gasteiger charge is -2.25. The van der Waals surface area contributed by atoms with Gasteiger partial charge in [0.2, 0.25) is 0 Å². The van der Waals surface area contributed by atoms with Gasteiger partial charge < -0.3 is 5.32 Å². The molecule has 20 heavy (non-hydrogen) atoms. The Morgan fingerprint density at radius 3 is 2.60 bits per heavy atom. The third-order valence-electron chi connectivity index (χ3n) is 3.66. The van der Waals surface area contributed by atoms with Crippen LogP contribution in [0.1, 0.15) is 31.7 Å². The van der Waals surface area contributed by atoms with Crippen LogP contribution in [-0.2, 0) is 6.54 Å². The van der Waals surface area contributed by atoms with E-state index in [1.165, 1.54) is 0 Å². The lowest BCUT2D eigenvalue weighted by atomic mass is 10.1. The standard InChI is InChI=1S/C15H21F3N2/c1-2-6-20(10-12-4-3-5-19-12)9-11-7-14(17)15(18)8-13(11)16/h7-8,12,19H,2-6,9-10H2,1H3. The second-order valence-corrected chi connectivity index (χ2v) is 5.39. The molecule has 1 fully saturated rings. The molecule has 0 amide bonds. The number of benzene rings is 1. The van der Waals surface area contributed by atoms with E-state index in [1.807, 2.05) is 0 Å². The van der Waals surface area contributed by atoms with Crippen molar-refractivity contribution >= 4 is 0 Å². The fourth-order valence-electron chi connectivity index (χ4n) is 2.70. The van der Waals surface area contributed by atoms with Gasteiger partial charge in [0, 0.05) is 30.8 Å². The molecular weight excluding hydrogens is 265 g/mol. The van der Waals surface area contributed by atoms with Crippen molar-refractivity contribution in [3.05, 3.63) is 35.1 Å². The molecule has 1 N–H and O–H groups in total. The number of nitrogens with zero attached hydrogens (tertiary/aromatic N) is 1. The van der Waals surface area contributed by atoms with Crippen molar-refractivity contribution < 1.29 is 13.2 Å². The van der Waals surface area contributed by atoms with Crippen molar-refractivity contribution in [1.82, 2.24) is 10.2 Å². The second kappa shape index (κ2) is 7.09. The van der Waals surface area contributed by atoms with Gasteiger partial charge in [0.1, 0.15) is 5.82 Å². The summed E-state index contributed by atoms with van der Waals surface area (Å²) >= 11 is 0. The van der Waals surface area contributed by atoms with Crippen molar-refractivity contribution in [3.8, 4) is 0 Å². The van der Waals surface area contributed by atoms with Crippen LogP contribution >= 0.6 is 0 Å². The predicted molar refractivity (Wildman–Crippen MR) is 72.9 cm³/mol. The van der Waals surface area contributed by atoms with Gasteiger partial charge in [0.15, 0.2) is 11.6 Å². The molecule has 1 atom stereocenters. The van der Waals surface area contributed by atoms with E-state index in [0.717, 1.165) is 45.0 Å². The van der Waals surface area contributed by atoms with E-state index < -0.39 is 17.5 Å². The van der Waals surface area contributed by atoms with Gasteiger partial charge in [-0.15, -0.1) is 0 Å². The molecule has 112 valence electrons. The topological polar surface area (TPSA) is 15.3 Å². The van der Waals surface area contributed by atoms with Gasteiger partial charge in [0.25, 0.3) is 0 Å². The van der Waals surface area contributed by atoms with E-state index in [9.17, 15) is 13.2 Å². The number of nitrogens with one attached hydrogen (secondary N) is 1. The smallest absolute Gasteiger partial charge is 0.161 e. The lowest BCUT2D eigenvalue weighted by Crippen LogP contribution is -2.37. The van der Waals surface area contributed by atoms with Gasteiger partial charge in [-0.05, 0) is 38.4 Å². The summed E-state index contributed by atoms with van der Waals surface area (Å²) in [6.45, 7) is 5.01. The number of halogens is 3. The Hall–Kier alpha value is -1.07. The molecule has 0 radical (unpaired) electrons. The Labute approximate surface area is 118 Å². The highest BCUT2D eigenvalue weighted by molar-refractivity contribution is 5.20. The summed E-state index contributed by atoms with van der Waals surface area (Å²) in [6.07, 6.45) is 3.21. The molecule has 1 heterocycles. The zero-order valence-corrected chi connectivity index (χ0v) is 11.8. The summed E-state index contributed by atoms with van der Waals surface area (Å²) < 4.78 is 39.9. The number of hydrogen-bond donors (Lipinski definition) is 1. The number of hydrogen-bond acceptors (Lipinski definition) is 2. The normalized spacial score (nSPS) is 18.9. The summed E-state index contributed by atoms with van der Waals surface area (Å²) in [5.41, 5.74) is 0.218. The zero-order chi connectivity index (χ0) is 14.5. The van der Waals surface area contributed by atoms with Crippen LogP contribution in [0.2, 0.25) is 0 Å². The molecule has 5 heteroatoms. The molecule has 1 unspecified atom stereocenters. The maximum Gasteiger partial charge on any atom is 0.161 e. The Bertz CT molecular complexity index is 445. The van der Waals surface area contributed by atoms with Gasteiger partial charge in [-0.2, -0.15) is 0 Å². The average Bonchev–Trinajstić information content (AvgIpc) is 2.89. The van der Waals surface area contributed by atoms with Gasteiger partial charge in [-0.1, -0.05) is 6.92 Å². The zero-order valence-electron chi connectivity index (χ0n) is 11.8. The fraction of sp³-hybridized carbons (Fsp3) is 0.600. The molecule has 1 aliphatic heterocycles. The van der Waals surface area contributed by atoms with Crippen LogP contribution in [0.5, 0.6) is 0 Å². The Balaban J connectivity index is 2.04. The van der Waals surface area contributed by atoms with Gasteiger partial charge >= 0.3 is 0 Å². The summed E-state index contributed by atoms with van der Waals surface area (Å²) in [5.74, 6) is -2.80. The molecule has 0 saturated carbocycles.